The monoisotopic (exact) mass is 833 g/mol. The molecule has 1 aromatic heterocycles. The number of aromatic nitrogens is 2. The molecule has 0 saturated carbocycles. The zero-order valence-corrected chi connectivity index (χ0v) is 35.9. The van der Waals surface area contributed by atoms with Crippen LogP contribution in [0.25, 0.3) is 33.2 Å². The van der Waals surface area contributed by atoms with E-state index < -0.39 is 24.3 Å². The van der Waals surface area contributed by atoms with E-state index in [2.05, 4.69) is 58.1 Å². The number of hydrogen-bond acceptors (Lipinski definition) is 10. The summed E-state index contributed by atoms with van der Waals surface area (Å²) in [6.07, 6.45) is 3.47. The van der Waals surface area contributed by atoms with Crippen molar-refractivity contribution in [3.63, 3.8) is 0 Å². The van der Waals surface area contributed by atoms with Crippen molar-refractivity contribution in [3.8, 4) is 28.1 Å². The van der Waals surface area contributed by atoms with Gasteiger partial charge in [-0.15, -0.1) is 0 Å². The van der Waals surface area contributed by atoms with Gasteiger partial charge in [-0.1, -0.05) is 45.9 Å². The molecule has 5 heterocycles. The normalized spacial score (nSPS) is 20.1. The Balaban J connectivity index is 1.01. The number of aromatic amines is 1. The molecular formula is C46H55N7O8. The largest absolute Gasteiger partial charge is 0.488 e. The van der Waals surface area contributed by atoms with Gasteiger partial charge in [-0.25, -0.2) is 14.6 Å². The molecule has 0 spiro atoms. The summed E-state index contributed by atoms with van der Waals surface area (Å²) in [5, 5.41) is 7.60. The summed E-state index contributed by atoms with van der Waals surface area (Å²) in [5.74, 6) is 1.10. The average molecular weight is 834 g/mol. The first-order valence-electron chi connectivity index (χ1n) is 21.2. The van der Waals surface area contributed by atoms with Gasteiger partial charge in [0.1, 0.15) is 30.3 Å². The van der Waals surface area contributed by atoms with E-state index in [1.165, 1.54) is 14.2 Å². The van der Waals surface area contributed by atoms with Crippen LogP contribution in [0.15, 0.2) is 53.7 Å². The number of hydrogen-bond donors (Lipinski definition) is 3. The number of imidazole rings is 1. The zero-order chi connectivity index (χ0) is 43.1. The lowest BCUT2D eigenvalue weighted by atomic mass is 9.90. The molecule has 0 radical (unpaired) electrons. The van der Waals surface area contributed by atoms with Gasteiger partial charge in [0.05, 0.1) is 50.5 Å². The summed E-state index contributed by atoms with van der Waals surface area (Å²) in [6.45, 7) is 9.64. The summed E-state index contributed by atoms with van der Waals surface area (Å²) in [5.41, 5.74) is 7.89. The highest BCUT2D eigenvalue weighted by Crippen LogP contribution is 2.45. The second kappa shape index (κ2) is 17.2. The van der Waals surface area contributed by atoms with Crippen LogP contribution in [0, 0.1) is 17.8 Å². The van der Waals surface area contributed by atoms with Gasteiger partial charge < -0.3 is 44.4 Å². The van der Waals surface area contributed by atoms with Crippen molar-refractivity contribution in [1.29, 1.82) is 0 Å². The highest BCUT2D eigenvalue weighted by molar-refractivity contribution is 6.06. The molecule has 61 heavy (non-hydrogen) atoms. The van der Waals surface area contributed by atoms with Crippen LogP contribution >= 0.6 is 0 Å². The average Bonchev–Trinajstić information content (AvgIpc) is 4.09. The number of alkyl carbamates (subject to hydrolysis) is 2. The van der Waals surface area contributed by atoms with E-state index in [-0.39, 0.29) is 41.7 Å². The van der Waals surface area contributed by atoms with E-state index >= 15 is 0 Å². The van der Waals surface area contributed by atoms with Crippen molar-refractivity contribution in [3.05, 3.63) is 65.6 Å². The number of benzene rings is 3. The van der Waals surface area contributed by atoms with Gasteiger partial charge in [-0.3, -0.25) is 14.6 Å². The third kappa shape index (κ3) is 8.03. The minimum absolute atomic E-state index is 0.118. The molecule has 0 bridgehead atoms. The Morgan fingerprint density at radius 1 is 0.885 bits per heavy atom. The van der Waals surface area contributed by atoms with Gasteiger partial charge in [0.2, 0.25) is 11.8 Å². The lowest BCUT2D eigenvalue weighted by Crippen LogP contribution is -2.53. The molecule has 2 unspecified atom stereocenters. The fraction of sp³-hybridized carbons (Fsp3) is 0.478. The standard InChI is InChI=1S/C46H55N7O8/c1-24(2)40(50-45(56)59-6)43(54)52-14-8-9-37(52)42-47-20-36(49-42)28-10-12-30-29(16-28)23-61-39-19-31-27(17-33(30)39)11-13-34-32(31)18-35(48-34)38-15-26(22-58-5)21-53(38)44(55)41(25(3)4)51-46(57)60-7/h10-13,16-17,19-20,24-26,37-38,40-41H,8-9,14-15,18,21-23H2,1-7H3,(H,47,49)(H,50,56)(H,51,57)/t26?,37-,38-,40-,41?/m0/s1. The van der Waals surface area contributed by atoms with E-state index in [0.717, 1.165) is 80.7 Å². The molecule has 15 heteroatoms. The quantitative estimate of drug-likeness (QED) is 0.148. The molecule has 4 aliphatic rings. The zero-order valence-electron chi connectivity index (χ0n) is 35.9. The van der Waals surface area contributed by atoms with Crippen LogP contribution in [0.4, 0.5) is 15.3 Å². The Hall–Kier alpha value is -5.96. The van der Waals surface area contributed by atoms with Gasteiger partial charge in [0.15, 0.2) is 0 Å². The van der Waals surface area contributed by atoms with E-state index in [9.17, 15) is 19.2 Å². The highest BCUT2D eigenvalue weighted by Gasteiger charge is 2.43. The topological polar surface area (TPSA) is 177 Å². The van der Waals surface area contributed by atoms with E-state index in [1.807, 2.05) is 43.7 Å². The number of fused-ring (bicyclic) bond motifs is 6. The summed E-state index contributed by atoms with van der Waals surface area (Å²) in [7, 11) is 4.26. The van der Waals surface area contributed by atoms with Crippen LogP contribution in [0.1, 0.15) is 70.0 Å². The Morgan fingerprint density at radius 3 is 2.30 bits per heavy atom. The van der Waals surface area contributed by atoms with E-state index in [0.29, 0.717) is 38.5 Å². The number of nitrogens with one attached hydrogen (secondary N) is 3. The number of carbonyl (C=O) groups excluding carboxylic acids is 4. The molecule has 3 N–H and O–H groups in total. The predicted octanol–water partition coefficient (Wildman–Crippen LogP) is 6.71. The molecule has 15 nitrogen and oxygen atoms in total. The maximum atomic E-state index is 14.1. The number of carbonyl (C=O) groups is 4. The second-order valence-electron chi connectivity index (χ2n) is 17.2. The molecule has 4 aliphatic heterocycles. The van der Waals surface area contributed by atoms with Crippen molar-refractivity contribution in [1.82, 2.24) is 30.4 Å². The van der Waals surface area contributed by atoms with Gasteiger partial charge in [0, 0.05) is 43.8 Å². The molecule has 5 atom stereocenters. The summed E-state index contributed by atoms with van der Waals surface area (Å²) in [6, 6.07) is 12.9. The van der Waals surface area contributed by atoms with Gasteiger partial charge in [0.25, 0.3) is 0 Å². The van der Waals surface area contributed by atoms with Crippen LogP contribution in [-0.2, 0) is 36.8 Å². The third-order valence-corrected chi connectivity index (χ3v) is 12.6. The maximum Gasteiger partial charge on any atom is 0.407 e. The fourth-order valence-corrected chi connectivity index (χ4v) is 9.45. The van der Waals surface area contributed by atoms with Crippen LogP contribution < -0.4 is 15.4 Å². The fourth-order valence-electron chi connectivity index (χ4n) is 9.45. The molecule has 2 fully saturated rings. The Kier molecular flexibility index (Phi) is 11.8. The molecule has 4 amide bonds. The van der Waals surface area contributed by atoms with Crippen molar-refractivity contribution in [2.45, 2.75) is 84.2 Å². The van der Waals surface area contributed by atoms with Crippen LogP contribution in [-0.4, -0.2) is 109 Å². The van der Waals surface area contributed by atoms with Crippen molar-refractivity contribution in [2.75, 3.05) is 41.0 Å². The number of H-pyrrole nitrogens is 1. The second-order valence-corrected chi connectivity index (χ2v) is 17.2. The first-order valence-corrected chi connectivity index (χ1v) is 21.2. The first kappa shape index (κ1) is 41.8. The molecule has 4 aromatic rings. The highest BCUT2D eigenvalue weighted by atomic mass is 16.5. The third-order valence-electron chi connectivity index (χ3n) is 12.6. The Morgan fingerprint density at radius 2 is 1.61 bits per heavy atom. The minimum atomic E-state index is -0.733. The first-order chi connectivity index (χ1) is 29.4. The number of amides is 4. The van der Waals surface area contributed by atoms with Crippen LogP contribution in [0.3, 0.4) is 0 Å². The number of likely N-dealkylation sites (tertiary alicyclic amines) is 2. The number of nitrogens with zero attached hydrogens (tertiary/aromatic N) is 4. The Bertz CT molecular complexity index is 2390. The van der Waals surface area contributed by atoms with Gasteiger partial charge >= 0.3 is 12.2 Å². The van der Waals surface area contributed by atoms with Crippen LogP contribution in [0.5, 0.6) is 5.75 Å². The molecule has 0 aliphatic carbocycles. The molecule has 8 rings (SSSR count). The lowest BCUT2D eigenvalue weighted by molar-refractivity contribution is -0.135. The number of ether oxygens (including phenoxy) is 4. The van der Waals surface area contributed by atoms with Crippen molar-refractivity contribution in [2.24, 2.45) is 22.7 Å². The lowest BCUT2D eigenvalue weighted by Gasteiger charge is -2.31. The van der Waals surface area contributed by atoms with Gasteiger partial charge in [-0.2, -0.15) is 0 Å². The molecule has 2 saturated heterocycles. The van der Waals surface area contributed by atoms with E-state index in [4.69, 9.17) is 28.9 Å². The van der Waals surface area contributed by atoms with Crippen LogP contribution in [0.2, 0.25) is 0 Å². The number of aliphatic imine (C=N–C) groups is 1. The molecule has 3 aromatic carbocycles. The maximum absolute atomic E-state index is 14.1. The van der Waals surface area contributed by atoms with Gasteiger partial charge in [-0.05, 0) is 88.4 Å². The number of methoxy groups -OCH3 is 3. The smallest absolute Gasteiger partial charge is 0.407 e. The van der Waals surface area contributed by atoms with Crippen molar-refractivity contribution >= 4 is 46.2 Å². The molecular weight excluding hydrogens is 779 g/mol. The minimum Gasteiger partial charge on any atom is -0.488 e. The van der Waals surface area contributed by atoms with Crippen molar-refractivity contribution < 1.29 is 38.1 Å². The predicted molar refractivity (Wildman–Crippen MR) is 230 cm³/mol. The Labute approximate surface area is 355 Å². The SMILES string of the molecule is COCC1C[C@@H](C2=Nc3ccc4cc5c(cc4c3C2)OCc2cc(-c3cnc([C@@H]4CCCN4C(=O)[C@@H](NC(=O)OC)C(C)C)[nH]3)ccc2-5)N(C(=O)C(NC(=O)OC)C(C)C)C1. The van der Waals surface area contributed by atoms with E-state index in [1.54, 1.807) is 7.11 Å². The summed E-state index contributed by atoms with van der Waals surface area (Å²) in [4.78, 5) is 69.0. The summed E-state index contributed by atoms with van der Waals surface area (Å²) < 4.78 is 21.6. The number of rotatable bonds is 11. The molecule has 322 valence electrons. The summed E-state index contributed by atoms with van der Waals surface area (Å²) >= 11 is 0.